The largest absolute Gasteiger partial charge is 0.492 e. The lowest BCUT2D eigenvalue weighted by Gasteiger charge is -2.08. The summed E-state index contributed by atoms with van der Waals surface area (Å²) in [5.41, 5.74) is 0.876. The van der Waals surface area contributed by atoms with E-state index in [-0.39, 0.29) is 11.7 Å². The number of anilines is 1. The van der Waals surface area contributed by atoms with E-state index in [2.05, 4.69) is 20.5 Å². The molecule has 0 radical (unpaired) electrons. The molecule has 1 amide bonds. The van der Waals surface area contributed by atoms with E-state index in [1.54, 1.807) is 18.2 Å². The lowest BCUT2D eigenvalue weighted by atomic mass is 10.3. The average molecular weight is 508 g/mol. The molecule has 0 saturated heterocycles. The van der Waals surface area contributed by atoms with Gasteiger partial charge >= 0.3 is 0 Å². The zero-order valence-electron chi connectivity index (χ0n) is 17.0. The fourth-order valence-electron chi connectivity index (χ4n) is 2.90. The Hall–Kier alpha value is -2.33. The molecule has 1 N–H and O–H groups in total. The highest BCUT2D eigenvalue weighted by molar-refractivity contribution is 7.99. The molecule has 0 atom stereocenters. The third kappa shape index (κ3) is 5.72. The van der Waals surface area contributed by atoms with E-state index in [4.69, 9.17) is 27.9 Å². The second-order valence-electron chi connectivity index (χ2n) is 6.81. The number of nitrogens with zero attached hydrogens (tertiary/aromatic N) is 4. The summed E-state index contributed by atoms with van der Waals surface area (Å²) in [5, 5.41) is 13.6. The van der Waals surface area contributed by atoms with Crippen molar-refractivity contribution < 1.29 is 9.53 Å². The van der Waals surface area contributed by atoms with E-state index in [0.29, 0.717) is 39.1 Å². The first-order valence-electron chi connectivity index (χ1n) is 9.74. The number of aryl methyl sites for hydroxylation is 1. The molecule has 0 aliphatic heterocycles. The molecule has 0 bridgehead atoms. The number of carbonyl (C=O) groups is 1. The third-order valence-corrected chi connectivity index (χ3v) is 7.00. The quantitative estimate of drug-likeness (QED) is 0.238. The first-order chi connectivity index (χ1) is 15.5. The Bertz CT molecular complexity index is 1210. The summed E-state index contributed by atoms with van der Waals surface area (Å²) in [6.07, 6.45) is 1.43. The van der Waals surface area contributed by atoms with Crippen LogP contribution in [0, 0.1) is 0 Å². The van der Waals surface area contributed by atoms with Gasteiger partial charge in [-0.3, -0.25) is 4.79 Å². The van der Waals surface area contributed by atoms with Crippen LogP contribution in [-0.2, 0) is 18.3 Å². The molecule has 2 aromatic carbocycles. The van der Waals surface area contributed by atoms with Gasteiger partial charge in [0.1, 0.15) is 11.6 Å². The zero-order chi connectivity index (χ0) is 22.5. The molecule has 0 saturated carbocycles. The molecule has 2 heterocycles. The molecular formula is C21H19Cl2N5O2S2. The SMILES string of the molecule is Cn1c(CCCOc2ccc(Cl)cc2Cl)nnc1SCC(=O)Nc1nc2ccccc2s1. The fourth-order valence-corrected chi connectivity index (χ4v) is 4.98. The molecule has 7 nitrogen and oxygen atoms in total. The Labute approximate surface area is 203 Å². The molecule has 11 heteroatoms. The highest BCUT2D eigenvalue weighted by Gasteiger charge is 2.13. The minimum absolute atomic E-state index is 0.133. The van der Waals surface area contributed by atoms with Crippen LogP contribution >= 0.6 is 46.3 Å². The number of aromatic nitrogens is 4. The maximum atomic E-state index is 12.3. The number of rotatable bonds is 9. The Morgan fingerprint density at radius 2 is 2.06 bits per heavy atom. The van der Waals surface area contributed by atoms with E-state index < -0.39 is 0 Å². The topological polar surface area (TPSA) is 81.9 Å². The maximum Gasteiger partial charge on any atom is 0.236 e. The van der Waals surface area contributed by atoms with Gasteiger partial charge in [-0.15, -0.1) is 10.2 Å². The molecular weight excluding hydrogens is 489 g/mol. The van der Waals surface area contributed by atoms with Crippen LogP contribution in [-0.4, -0.2) is 38.0 Å². The van der Waals surface area contributed by atoms with Gasteiger partial charge in [0.15, 0.2) is 10.3 Å². The van der Waals surface area contributed by atoms with Crippen molar-refractivity contribution >= 4 is 67.6 Å². The van der Waals surface area contributed by atoms with Crippen molar-refractivity contribution in [3.8, 4) is 5.75 Å². The Morgan fingerprint density at radius 1 is 1.22 bits per heavy atom. The van der Waals surface area contributed by atoms with E-state index in [0.717, 1.165) is 22.5 Å². The van der Waals surface area contributed by atoms with Crippen LogP contribution in [0.25, 0.3) is 10.2 Å². The molecule has 0 aliphatic rings. The number of hydrogen-bond donors (Lipinski definition) is 1. The minimum Gasteiger partial charge on any atom is -0.492 e. The Morgan fingerprint density at radius 3 is 2.88 bits per heavy atom. The van der Waals surface area contributed by atoms with Gasteiger partial charge in [-0.2, -0.15) is 0 Å². The molecule has 4 aromatic rings. The van der Waals surface area contributed by atoms with Gasteiger partial charge in [0.25, 0.3) is 0 Å². The van der Waals surface area contributed by atoms with E-state index in [9.17, 15) is 4.79 Å². The molecule has 2 aromatic heterocycles. The molecule has 0 aliphatic carbocycles. The first kappa shape index (κ1) is 22.8. The van der Waals surface area contributed by atoms with Gasteiger partial charge in [-0.25, -0.2) is 4.98 Å². The number of para-hydroxylation sites is 1. The van der Waals surface area contributed by atoms with Gasteiger partial charge in [-0.05, 0) is 36.8 Å². The predicted molar refractivity (Wildman–Crippen MR) is 130 cm³/mol. The van der Waals surface area contributed by atoms with Gasteiger partial charge in [0.2, 0.25) is 5.91 Å². The lowest BCUT2D eigenvalue weighted by Crippen LogP contribution is -2.14. The zero-order valence-corrected chi connectivity index (χ0v) is 20.2. The number of fused-ring (bicyclic) bond motifs is 1. The van der Waals surface area contributed by atoms with Crippen LogP contribution in [0.2, 0.25) is 10.0 Å². The number of amides is 1. The average Bonchev–Trinajstić information content (AvgIpc) is 3.33. The summed E-state index contributed by atoms with van der Waals surface area (Å²) in [5.74, 6) is 1.52. The van der Waals surface area contributed by atoms with E-state index in [1.807, 2.05) is 35.9 Å². The van der Waals surface area contributed by atoms with Crippen molar-refractivity contribution in [2.24, 2.45) is 7.05 Å². The summed E-state index contributed by atoms with van der Waals surface area (Å²) < 4.78 is 8.64. The monoisotopic (exact) mass is 507 g/mol. The summed E-state index contributed by atoms with van der Waals surface area (Å²) >= 11 is 14.8. The summed E-state index contributed by atoms with van der Waals surface area (Å²) in [6.45, 7) is 0.487. The number of thiazole rings is 1. The Kier molecular flexibility index (Phi) is 7.51. The molecule has 0 spiro atoms. The van der Waals surface area contributed by atoms with Gasteiger partial charge in [-0.1, -0.05) is 58.4 Å². The normalized spacial score (nSPS) is 11.1. The van der Waals surface area contributed by atoms with Crippen LogP contribution in [0.1, 0.15) is 12.2 Å². The number of carbonyl (C=O) groups excluding carboxylic acids is 1. The predicted octanol–water partition coefficient (Wildman–Crippen LogP) is 5.47. The number of ether oxygens (including phenoxy) is 1. The van der Waals surface area contributed by atoms with Crippen molar-refractivity contribution in [1.82, 2.24) is 19.7 Å². The van der Waals surface area contributed by atoms with Crippen molar-refractivity contribution in [2.45, 2.75) is 18.0 Å². The van der Waals surface area contributed by atoms with Crippen molar-refractivity contribution in [1.29, 1.82) is 0 Å². The molecule has 0 fully saturated rings. The van der Waals surface area contributed by atoms with Crippen molar-refractivity contribution in [3.63, 3.8) is 0 Å². The van der Waals surface area contributed by atoms with E-state index >= 15 is 0 Å². The number of halogens is 2. The van der Waals surface area contributed by atoms with Crippen LogP contribution in [0.3, 0.4) is 0 Å². The first-order valence-corrected chi connectivity index (χ1v) is 12.3. The van der Waals surface area contributed by atoms with Crippen LogP contribution < -0.4 is 10.1 Å². The smallest absolute Gasteiger partial charge is 0.236 e. The van der Waals surface area contributed by atoms with Crippen LogP contribution in [0.4, 0.5) is 5.13 Å². The Balaban J connectivity index is 1.23. The molecule has 32 heavy (non-hydrogen) atoms. The van der Waals surface area contributed by atoms with Crippen LogP contribution in [0.15, 0.2) is 47.6 Å². The van der Waals surface area contributed by atoms with Gasteiger partial charge in [0.05, 0.1) is 27.6 Å². The lowest BCUT2D eigenvalue weighted by molar-refractivity contribution is -0.113. The molecule has 4 rings (SSSR count). The molecule has 0 unspecified atom stereocenters. The second kappa shape index (κ2) is 10.5. The van der Waals surface area contributed by atoms with Crippen molar-refractivity contribution in [2.75, 3.05) is 17.7 Å². The van der Waals surface area contributed by atoms with E-state index in [1.165, 1.54) is 23.1 Å². The van der Waals surface area contributed by atoms with Gasteiger partial charge < -0.3 is 14.6 Å². The van der Waals surface area contributed by atoms with Gasteiger partial charge in [0, 0.05) is 18.5 Å². The highest BCUT2D eigenvalue weighted by Crippen LogP contribution is 2.28. The van der Waals surface area contributed by atoms with Crippen LogP contribution in [0.5, 0.6) is 5.75 Å². The summed E-state index contributed by atoms with van der Waals surface area (Å²) in [7, 11) is 1.89. The summed E-state index contributed by atoms with van der Waals surface area (Å²) in [6, 6.07) is 12.9. The standard InChI is InChI=1S/C21H19Cl2N5O2S2/c1-28-18(7-4-10-30-16-9-8-13(22)11-14(16)23)26-27-21(28)31-12-19(29)25-20-24-15-5-2-3-6-17(15)32-20/h2-3,5-6,8-9,11H,4,7,10,12H2,1H3,(H,24,25,29). The van der Waals surface area contributed by atoms with Crippen molar-refractivity contribution in [3.05, 3.63) is 58.3 Å². The minimum atomic E-state index is -0.133. The fraction of sp³-hybridized carbons (Fsp3) is 0.238. The maximum absolute atomic E-state index is 12.3. The number of nitrogens with one attached hydrogen (secondary N) is 1. The third-order valence-electron chi connectivity index (χ3n) is 4.49. The highest BCUT2D eigenvalue weighted by atomic mass is 35.5. The second-order valence-corrected chi connectivity index (χ2v) is 9.62. The molecule has 166 valence electrons. The number of benzene rings is 2. The summed E-state index contributed by atoms with van der Waals surface area (Å²) in [4.78, 5) is 16.7. The number of thioether (sulfide) groups is 1. The number of hydrogen-bond acceptors (Lipinski definition) is 7.